The van der Waals surface area contributed by atoms with Gasteiger partial charge in [-0.25, -0.2) is 4.98 Å². The van der Waals surface area contributed by atoms with Crippen LogP contribution in [0, 0.1) is 18.5 Å². The maximum Gasteiger partial charge on any atom is 0.316 e. The van der Waals surface area contributed by atoms with Crippen molar-refractivity contribution in [1.29, 1.82) is 0 Å². The summed E-state index contributed by atoms with van der Waals surface area (Å²) in [4.78, 5) is 32.2. The fraction of sp³-hybridized carbons (Fsp3) is 0.391. The van der Waals surface area contributed by atoms with Gasteiger partial charge in [0.05, 0.1) is 18.1 Å². The van der Waals surface area contributed by atoms with Gasteiger partial charge in [0.2, 0.25) is 0 Å². The second-order valence-corrected chi connectivity index (χ2v) is 8.35. The van der Waals surface area contributed by atoms with Crippen molar-refractivity contribution in [3.8, 4) is 11.3 Å². The predicted octanol–water partition coefficient (Wildman–Crippen LogP) is 5.92. The minimum atomic E-state index is -0.336. The van der Waals surface area contributed by atoms with Gasteiger partial charge < -0.3 is 9.72 Å². The minimum absolute atomic E-state index is 0.0766. The number of esters is 1. The molecule has 0 amide bonds. The normalized spacial score (nSPS) is 10.9. The molecule has 2 aromatic heterocycles. The molecule has 9 heteroatoms. The van der Waals surface area contributed by atoms with Crippen molar-refractivity contribution in [2.75, 3.05) is 18.2 Å². The first kappa shape index (κ1) is 27.9. The number of rotatable bonds is 8. The Bertz CT molecular complexity index is 1080. The number of hydrogen-bond donors (Lipinski definition) is 1. The Balaban J connectivity index is 0.000000920. The zero-order valence-electron chi connectivity index (χ0n) is 19.1. The van der Waals surface area contributed by atoms with Crippen molar-refractivity contribution in [2.45, 2.75) is 46.2 Å². The molecule has 0 aromatic carbocycles. The Labute approximate surface area is 203 Å². The summed E-state index contributed by atoms with van der Waals surface area (Å²) in [6.45, 7) is 9.93. The van der Waals surface area contributed by atoms with E-state index in [1.165, 1.54) is 22.4 Å². The first-order valence-corrected chi connectivity index (χ1v) is 12.1. The van der Waals surface area contributed by atoms with Crippen LogP contribution in [0.4, 0.5) is 0 Å². The maximum atomic E-state index is 12.6. The highest BCUT2D eigenvalue weighted by Gasteiger charge is 2.14. The van der Waals surface area contributed by atoms with Crippen molar-refractivity contribution in [3.63, 3.8) is 0 Å². The van der Waals surface area contributed by atoms with Gasteiger partial charge in [-0.3, -0.25) is 14.2 Å². The number of aryl methyl sites for hydroxylation is 2. The zero-order valence-corrected chi connectivity index (χ0v) is 21.5. The van der Waals surface area contributed by atoms with E-state index in [1.54, 1.807) is 12.3 Å². The highest BCUT2D eigenvalue weighted by atomic mass is 35.5. The molecule has 2 rings (SSSR count). The molecule has 0 radical (unpaired) electrons. The number of halogens is 1. The maximum absolute atomic E-state index is 12.6. The zero-order chi connectivity index (χ0) is 24.1. The van der Waals surface area contributed by atoms with Crippen LogP contribution < -0.4 is 5.56 Å². The van der Waals surface area contributed by atoms with Gasteiger partial charge >= 0.3 is 5.97 Å². The van der Waals surface area contributed by atoms with E-state index in [9.17, 15) is 9.59 Å². The smallest absolute Gasteiger partial charge is 0.316 e. The number of H-pyrrole nitrogens is 1. The fourth-order valence-electron chi connectivity index (χ4n) is 2.63. The summed E-state index contributed by atoms with van der Waals surface area (Å²) in [5, 5.41) is 0.415. The van der Waals surface area contributed by atoms with E-state index in [0.717, 1.165) is 23.2 Å². The number of thioether (sulfide) groups is 1. The molecule has 0 saturated heterocycles. The predicted molar refractivity (Wildman–Crippen MR) is 137 cm³/mol. The molecule has 0 saturated carbocycles. The molecule has 174 valence electrons. The van der Waals surface area contributed by atoms with Crippen LogP contribution >= 0.6 is 35.6 Å². The van der Waals surface area contributed by atoms with Crippen LogP contribution in [-0.2, 0) is 9.53 Å². The van der Waals surface area contributed by atoms with Crippen LogP contribution in [0.5, 0.6) is 0 Å². The minimum Gasteiger partial charge on any atom is -0.465 e. The molecule has 0 fully saturated rings. The molecule has 0 unspecified atom stereocenters. The van der Waals surface area contributed by atoms with Gasteiger partial charge in [-0.15, -0.1) is 11.6 Å². The number of aromatic amines is 1. The highest BCUT2D eigenvalue weighted by Crippen LogP contribution is 2.25. The Hall–Kier alpha value is -2.16. The number of nitrogens with one attached hydrogen (secondary N) is 1. The number of carbonyl (C=O) groups excluding carboxylic acids is 1. The summed E-state index contributed by atoms with van der Waals surface area (Å²) < 4.78 is 7.04. The summed E-state index contributed by atoms with van der Waals surface area (Å²) >= 11 is 11.8. The van der Waals surface area contributed by atoms with Crippen LogP contribution in [0.15, 0.2) is 40.3 Å². The van der Waals surface area contributed by atoms with Crippen molar-refractivity contribution >= 4 is 47.7 Å². The number of alkyl halides is 1. The molecular formula is C23H30ClN3O3S2. The van der Waals surface area contributed by atoms with Crippen LogP contribution in [0.1, 0.15) is 38.4 Å². The second-order valence-electron chi connectivity index (χ2n) is 6.69. The summed E-state index contributed by atoms with van der Waals surface area (Å²) in [5.74, 6) is 0.376. The summed E-state index contributed by atoms with van der Waals surface area (Å²) in [7, 11) is 0. The molecule has 0 aliphatic heterocycles. The topological polar surface area (TPSA) is 77.0 Å². The fourth-order valence-corrected chi connectivity index (χ4v) is 4.02. The van der Waals surface area contributed by atoms with Crippen LogP contribution in [0.3, 0.4) is 0 Å². The quantitative estimate of drug-likeness (QED) is 0.122. The molecule has 1 N–H and O–H groups in total. The number of nitrogens with zero attached hydrogens (tertiary/aromatic N) is 2. The molecule has 0 atom stereocenters. The molecule has 0 bridgehead atoms. The third-order valence-electron chi connectivity index (χ3n) is 3.95. The van der Waals surface area contributed by atoms with E-state index in [-0.39, 0.29) is 17.3 Å². The van der Waals surface area contributed by atoms with Gasteiger partial charge in [0.15, 0.2) is 5.16 Å². The Morgan fingerprint density at radius 1 is 1.31 bits per heavy atom. The number of pyridine rings is 1. The van der Waals surface area contributed by atoms with Gasteiger partial charge in [-0.2, -0.15) is 0 Å². The Morgan fingerprint density at radius 2 is 2.03 bits per heavy atom. The number of ether oxygens (including phenoxy) is 1. The van der Waals surface area contributed by atoms with Gasteiger partial charge in [-0.05, 0) is 45.7 Å². The van der Waals surface area contributed by atoms with Crippen molar-refractivity contribution < 1.29 is 9.53 Å². The molecule has 32 heavy (non-hydrogen) atoms. The van der Waals surface area contributed by atoms with Crippen LogP contribution in [0.2, 0.25) is 0 Å². The van der Waals surface area contributed by atoms with Crippen LogP contribution in [-0.4, -0.2) is 38.7 Å². The second kappa shape index (κ2) is 14.8. The van der Waals surface area contributed by atoms with E-state index in [1.807, 2.05) is 52.8 Å². The number of aromatic nitrogens is 3. The summed E-state index contributed by atoms with van der Waals surface area (Å²) in [6, 6.07) is 3.42. The molecular weight excluding hydrogens is 466 g/mol. The van der Waals surface area contributed by atoms with E-state index in [4.69, 9.17) is 28.6 Å². The average Bonchev–Trinajstić information content (AvgIpc) is 2.73. The van der Waals surface area contributed by atoms with Crippen molar-refractivity contribution in [2.24, 2.45) is 0 Å². The molecule has 6 nitrogen and oxygen atoms in total. The molecule has 0 aliphatic carbocycles. The SMILES string of the molecule is C/C=C/n1c(SCC(=O)OCCC)nc(-c2c(C)cc(C)[nH]c2=S)cc1=O.C/C=C\CCl. The van der Waals surface area contributed by atoms with Crippen molar-refractivity contribution in [1.82, 2.24) is 14.5 Å². The lowest BCUT2D eigenvalue weighted by atomic mass is 10.1. The largest absolute Gasteiger partial charge is 0.465 e. The molecule has 0 spiro atoms. The van der Waals surface area contributed by atoms with Gasteiger partial charge in [0.1, 0.15) is 4.64 Å². The van der Waals surface area contributed by atoms with Gasteiger partial charge in [0.25, 0.3) is 5.56 Å². The lowest BCUT2D eigenvalue weighted by Crippen LogP contribution is -2.19. The first-order chi connectivity index (χ1) is 15.3. The molecule has 2 aromatic rings. The average molecular weight is 496 g/mol. The van der Waals surface area contributed by atoms with Gasteiger partial charge in [-0.1, -0.05) is 49.1 Å². The lowest BCUT2D eigenvalue weighted by molar-refractivity contribution is -0.140. The van der Waals surface area contributed by atoms with E-state index < -0.39 is 0 Å². The number of hydrogen-bond acceptors (Lipinski definition) is 6. The van der Waals surface area contributed by atoms with Gasteiger partial charge in [0, 0.05) is 29.4 Å². The Morgan fingerprint density at radius 3 is 2.56 bits per heavy atom. The Kier molecular flexibility index (Phi) is 12.9. The summed E-state index contributed by atoms with van der Waals surface area (Å²) in [5.41, 5.74) is 2.85. The van der Waals surface area contributed by atoms with E-state index in [0.29, 0.717) is 28.0 Å². The van der Waals surface area contributed by atoms with Crippen molar-refractivity contribution in [3.05, 3.63) is 56.6 Å². The molecule has 0 aliphatic rings. The number of allylic oxidation sites excluding steroid dienone is 3. The standard InChI is InChI=1S/C19H23N3O3S2.C4H7Cl/c1-5-7-22-15(23)10-14(17-12(3)9-13(4)20-18(17)26)21-19(22)27-11-16(24)25-8-6-2;1-2-3-4-5/h5,7,9-10H,6,8,11H2,1-4H3,(H,20,26);2-3H,4H2,1H3/b7-5+;3-2-. The third kappa shape index (κ3) is 8.76. The third-order valence-corrected chi connectivity index (χ3v) is 5.36. The number of carbonyl (C=O) groups is 1. The lowest BCUT2D eigenvalue weighted by Gasteiger charge is -2.12. The highest BCUT2D eigenvalue weighted by molar-refractivity contribution is 7.99. The first-order valence-electron chi connectivity index (χ1n) is 10.2. The molecule has 2 heterocycles. The summed E-state index contributed by atoms with van der Waals surface area (Å²) in [6.07, 6.45) is 7.94. The van der Waals surface area contributed by atoms with E-state index >= 15 is 0 Å². The van der Waals surface area contributed by atoms with E-state index in [2.05, 4.69) is 9.97 Å². The monoisotopic (exact) mass is 495 g/mol. The van der Waals surface area contributed by atoms with Crippen LogP contribution in [0.25, 0.3) is 17.5 Å².